The highest BCUT2D eigenvalue weighted by atomic mass is 16.2. The van der Waals surface area contributed by atoms with Crippen molar-refractivity contribution in [2.24, 2.45) is 23.2 Å². The Kier molecular flexibility index (Phi) is 3.10. The molecule has 3 nitrogen and oxygen atoms in total. The van der Waals surface area contributed by atoms with Crippen LogP contribution in [-0.2, 0) is 4.79 Å². The third-order valence-electron chi connectivity index (χ3n) is 6.57. The summed E-state index contributed by atoms with van der Waals surface area (Å²) in [6, 6.07) is 0.459. The van der Waals surface area contributed by atoms with Crippen molar-refractivity contribution in [3.05, 3.63) is 0 Å². The molecule has 1 saturated heterocycles. The van der Waals surface area contributed by atoms with Gasteiger partial charge in [0.1, 0.15) is 0 Å². The highest BCUT2D eigenvalue weighted by Gasteiger charge is 2.56. The lowest BCUT2D eigenvalue weighted by Gasteiger charge is -2.56. The van der Waals surface area contributed by atoms with Gasteiger partial charge < -0.3 is 10.2 Å². The van der Waals surface area contributed by atoms with Crippen LogP contribution >= 0.6 is 0 Å². The van der Waals surface area contributed by atoms with Crippen LogP contribution in [0.2, 0.25) is 0 Å². The van der Waals surface area contributed by atoms with E-state index in [9.17, 15) is 4.79 Å². The number of amides is 1. The van der Waals surface area contributed by atoms with E-state index in [1.807, 2.05) is 7.05 Å². The van der Waals surface area contributed by atoms with Gasteiger partial charge in [-0.3, -0.25) is 4.79 Å². The van der Waals surface area contributed by atoms with Gasteiger partial charge in [-0.25, -0.2) is 0 Å². The third kappa shape index (κ3) is 1.93. The maximum atomic E-state index is 13.3. The van der Waals surface area contributed by atoms with Gasteiger partial charge >= 0.3 is 0 Å². The molecule has 1 heterocycles. The Hall–Kier alpha value is -0.570. The molecule has 1 aliphatic heterocycles. The average molecular weight is 276 g/mol. The van der Waals surface area contributed by atoms with E-state index < -0.39 is 0 Å². The zero-order chi connectivity index (χ0) is 13.7. The molecule has 4 aliphatic carbocycles. The first-order chi connectivity index (χ1) is 9.70. The molecule has 4 bridgehead atoms. The third-order valence-corrected chi connectivity index (χ3v) is 6.57. The first kappa shape index (κ1) is 13.1. The molecule has 3 heteroatoms. The van der Waals surface area contributed by atoms with Crippen LogP contribution in [0, 0.1) is 23.2 Å². The van der Waals surface area contributed by atoms with Gasteiger partial charge in [-0.2, -0.15) is 0 Å². The molecule has 20 heavy (non-hydrogen) atoms. The predicted molar refractivity (Wildman–Crippen MR) is 79.3 cm³/mol. The summed E-state index contributed by atoms with van der Waals surface area (Å²) in [5, 5.41) is 3.27. The predicted octanol–water partition coefficient (Wildman–Crippen LogP) is 2.41. The molecule has 1 amide bonds. The fraction of sp³-hybridized carbons (Fsp3) is 0.941. The standard InChI is InChI=1S/C17H28N2O/c1-18-11-15-3-2-4-19(15)16(20)17-8-12-5-13(9-17)7-14(6-12)10-17/h12-15,18H,2-11H2,1H3. The second-order valence-corrected chi connectivity index (χ2v) is 8.05. The van der Waals surface area contributed by atoms with Crippen LogP contribution in [0.25, 0.3) is 0 Å². The Morgan fingerprint density at radius 2 is 1.75 bits per heavy atom. The average Bonchev–Trinajstić information content (AvgIpc) is 2.85. The Bertz CT molecular complexity index is 371. The van der Waals surface area contributed by atoms with Gasteiger partial charge in [-0.1, -0.05) is 0 Å². The maximum Gasteiger partial charge on any atom is 0.229 e. The van der Waals surface area contributed by atoms with Crippen LogP contribution in [-0.4, -0.2) is 37.0 Å². The molecule has 0 spiro atoms. The number of rotatable bonds is 3. The quantitative estimate of drug-likeness (QED) is 0.858. The van der Waals surface area contributed by atoms with Crippen molar-refractivity contribution < 1.29 is 4.79 Å². The SMILES string of the molecule is CNCC1CCCN1C(=O)C12CC3CC(CC(C3)C1)C2. The van der Waals surface area contributed by atoms with E-state index in [4.69, 9.17) is 0 Å². The van der Waals surface area contributed by atoms with Gasteiger partial charge in [-0.05, 0) is 76.2 Å². The number of likely N-dealkylation sites (tertiary alicyclic amines) is 1. The smallest absolute Gasteiger partial charge is 0.229 e. The summed E-state index contributed by atoms with van der Waals surface area (Å²) in [6.45, 7) is 1.98. The van der Waals surface area contributed by atoms with Crippen molar-refractivity contribution >= 4 is 5.91 Å². The first-order valence-electron chi connectivity index (χ1n) is 8.66. The molecule has 5 rings (SSSR count). The summed E-state index contributed by atoms with van der Waals surface area (Å²) >= 11 is 0. The van der Waals surface area contributed by atoms with Crippen LogP contribution < -0.4 is 5.32 Å². The van der Waals surface area contributed by atoms with E-state index >= 15 is 0 Å². The Morgan fingerprint density at radius 1 is 1.15 bits per heavy atom. The van der Waals surface area contributed by atoms with Crippen LogP contribution in [0.4, 0.5) is 0 Å². The molecular weight excluding hydrogens is 248 g/mol. The van der Waals surface area contributed by atoms with E-state index in [0.29, 0.717) is 11.9 Å². The van der Waals surface area contributed by atoms with Gasteiger partial charge in [0.05, 0.1) is 5.41 Å². The summed E-state index contributed by atoms with van der Waals surface area (Å²) in [5.74, 6) is 3.15. The minimum absolute atomic E-state index is 0.0606. The molecule has 0 aromatic rings. The topological polar surface area (TPSA) is 32.3 Å². The fourth-order valence-corrected chi connectivity index (χ4v) is 6.23. The number of hydrogen-bond acceptors (Lipinski definition) is 2. The molecule has 1 unspecified atom stereocenters. The molecule has 5 aliphatic rings. The van der Waals surface area contributed by atoms with Crippen molar-refractivity contribution in [3.8, 4) is 0 Å². The van der Waals surface area contributed by atoms with E-state index in [2.05, 4.69) is 10.2 Å². The van der Waals surface area contributed by atoms with Crippen molar-refractivity contribution in [2.45, 2.75) is 57.4 Å². The van der Waals surface area contributed by atoms with Gasteiger partial charge in [0.25, 0.3) is 0 Å². The van der Waals surface area contributed by atoms with Crippen molar-refractivity contribution in [1.82, 2.24) is 10.2 Å². The molecule has 1 N–H and O–H groups in total. The highest BCUT2D eigenvalue weighted by Crippen LogP contribution is 2.60. The fourth-order valence-electron chi connectivity index (χ4n) is 6.23. The van der Waals surface area contributed by atoms with E-state index in [-0.39, 0.29) is 5.41 Å². The number of carbonyl (C=O) groups excluding carboxylic acids is 1. The number of carbonyl (C=O) groups is 1. The summed E-state index contributed by atoms with van der Waals surface area (Å²) in [7, 11) is 2.01. The normalized spacial score (nSPS) is 46.1. The van der Waals surface area contributed by atoms with Crippen molar-refractivity contribution in [1.29, 1.82) is 0 Å². The summed E-state index contributed by atoms with van der Waals surface area (Å²) in [5.41, 5.74) is 0.0606. The molecule has 0 radical (unpaired) electrons. The minimum Gasteiger partial charge on any atom is -0.338 e. The van der Waals surface area contributed by atoms with Crippen LogP contribution in [0.1, 0.15) is 51.4 Å². The summed E-state index contributed by atoms with van der Waals surface area (Å²) in [6.07, 6.45) is 10.3. The van der Waals surface area contributed by atoms with Gasteiger partial charge in [0, 0.05) is 19.1 Å². The number of hydrogen-bond donors (Lipinski definition) is 1. The zero-order valence-electron chi connectivity index (χ0n) is 12.7. The molecule has 112 valence electrons. The summed E-state index contributed by atoms with van der Waals surface area (Å²) in [4.78, 5) is 15.5. The zero-order valence-corrected chi connectivity index (χ0v) is 12.7. The van der Waals surface area contributed by atoms with Crippen molar-refractivity contribution in [3.63, 3.8) is 0 Å². The van der Waals surface area contributed by atoms with E-state index in [1.165, 1.54) is 51.4 Å². The number of nitrogens with one attached hydrogen (secondary N) is 1. The molecule has 0 aromatic carbocycles. The Morgan fingerprint density at radius 3 is 2.30 bits per heavy atom. The second-order valence-electron chi connectivity index (χ2n) is 8.05. The Labute approximate surface area is 122 Å². The van der Waals surface area contributed by atoms with Gasteiger partial charge in [0.15, 0.2) is 0 Å². The van der Waals surface area contributed by atoms with Gasteiger partial charge in [-0.15, -0.1) is 0 Å². The van der Waals surface area contributed by atoms with E-state index in [1.54, 1.807) is 0 Å². The number of nitrogens with zero attached hydrogens (tertiary/aromatic N) is 1. The lowest BCUT2D eigenvalue weighted by atomic mass is 9.49. The molecule has 0 aromatic heterocycles. The van der Waals surface area contributed by atoms with Crippen molar-refractivity contribution in [2.75, 3.05) is 20.1 Å². The summed E-state index contributed by atoms with van der Waals surface area (Å²) < 4.78 is 0. The van der Waals surface area contributed by atoms with Crippen LogP contribution in [0.3, 0.4) is 0 Å². The second kappa shape index (κ2) is 4.72. The lowest BCUT2D eigenvalue weighted by Crippen LogP contribution is -2.56. The molecule has 4 saturated carbocycles. The van der Waals surface area contributed by atoms with Crippen LogP contribution in [0.5, 0.6) is 0 Å². The Balaban J connectivity index is 1.56. The molecular formula is C17H28N2O. The highest BCUT2D eigenvalue weighted by molar-refractivity contribution is 5.84. The number of likely N-dealkylation sites (N-methyl/N-ethyl adjacent to an activating group) is 1. The monoisotopic (exact) mass is 276 g/mol. The minimum atomic E-state index is 0.0606. The largest absolute Gasteiger partial charge is 0.338 e. The lowest BCUT2D eigenvalue weighted by molar-refractivity contribution is -0.158. The van der Waals surface area contributed by atoms with Crippen LogP contribution in [0.15, 0.2) is 0 Å². The van der Waals surface area contributed by atoms with E-state index in [0.717, 1.165) is 30.8 Å². The molecule has 5 fully saturated rings. The maximum absolute atomic E-state index is 13.3. The molecule has 1 atom stereocenters. The van der Waals surface area contributed by atoms with Gasteiger partial charge in [0.2, 0.25) is 5.91 Å². The first-order valence-corrected chi connectivity index (χ1v) is 8.66.